The van der Waals surface area contributed by atoms with Gasteiger partial charge in [0, 0.05) is 23.2 Å². The van der Waals surface area contributed by atoms with E-state index in [9.17, 15) is 14.4 Å². The normalized spacial score (nSPS) is 33.0. The van der Waals surface area contributed by atoms with E-state index < -0.39 is 29.6 Å². The SMILES string of the molecule is COc1cccc(CN2C(=O)C3C(C(=O)Nc4cccc(SC)c4)C4C=CC3(O4)C2C(=O)NC2CCCC(C)C2C)c1. The zero-order valence-corrected chi connectivity index (χ0v) is 25.4. The largest absolute Gasteiger partial charge is 0.497 e. The topological polar surface area (TPSA) is 97.0 Å². The molecule has 0 aromatic heterocycles. The highest BCUT2D eigenvalue weighted by atomic mass is 32.2. The van der Waals surface area contributed by atoms with Crippen LogP contribution in [0.1, 0.15) is 38.7 Å². The number of carbonyl (C=O) groups is 3. The number of amides is 3. The molecular weight excluding hydrogens is 550 g/mol. The summed E-state index contributed by atoms with van der Waals surface area (Å²) >= 11 is 1.59. The molecule has 2 aromatic rings. The minimum atomic E-state index is -1.21. The van der Waals surface area contributed by atoms with Gasteiger partial charge in [-0.15, -0.1) is 11.8 Å². The Balaban J connectivity index is 1.33. The van der Waals surface area contributed by atoms with Crippen LogP contribution in [0.15, 0.2) is 65.6 Å². The number of carbonyl (C=O) groups excluding carboxylic acids is 3. The number of rotatable bonds is 8. The van der Waals surface area contributed by atoms with Gasteiger partial charge < -0.3 is 25.0 Å². The predicted molar refractivity (Wildman–Crippen MR) is 162 cm³/mol. The number of thioether (sulfide) groups is 1. The van der Waals surface area contributed by atoms with Crippen molar-refractivity contribution in [2.45, 2.75) is 68.3 Å². The Kier molecular flexibility index (Phi) is 7.83. The van der Waals surface area contributed by atoms with Crippen LogP contribution < -0.4 is 15.4 Å². The maximum atomic E-state index is 14.3. The van der Waals surface area contributed by atoms with Crippen molar-refractivity contribution in [2.24, 2.45) is 23.7 Å². The minimum Gasteiger partial charge on any atom is -0.497 e. The number of anilines is 1. The summed E-state index contributed by atoms with van der Waals surface area (Å²) in [4.78, 5) is 45.0. The quantitative estimate of drug-likeness (QED) is 0.344. The summed E-state index contributed by atoms with van der Waals surface area (Å²) in [6.07, 6.45) is 8.23. The van der Waals surface area contributed by atoms with Crippen LogP contribution in [0.2, 0.25) is 0 Å². The molecule has 3 amide bonds. The molecule has 42 heavy (non-hydrogen) atoms. The Hall–Kier alpha value is -3.30. The van der Waals surface area contributed by atoms with Crippen LogP contribution in [0, 0.1) is 23.7 Å². The fourth-order valence-electron chi connectivity index (χ4n) is 7.38. The van der Waals surface area contributed by atoms with Crippen LogP contribution >= 0.6 is 11.8 Å². The molecule has 2 N–H and O–H groups in total. The molecule has 3 fully saturated rings. The van der Waals surface area contributed by atoms with E-state index in [1.807, 2.05) is 66.9 Å². The van der Waals surface area contributed by atoms with E-state index in [1.54, 1.807) is 23.8 Å². The van der Waals surface area contributed by atoms with Gasteiger partial charge >= 0.3 is 0 Å². The number of nitrogens with one attached hydrogen (secondary N) is 2. The van der Waals surface area contributed by atoms with E-state index in [4.69, 9.17) is 9.47 Å². The van der Waals surface area contributed by atoms with Crippen LogP contribution in [0.25, 0.3) is 0 Å². The number of methoxy groups -OCH3 is 1. The zero-order valence-electron chi connectivity index (χ0n) is 24.5. The van der Waals surface area contributed by atoms with E-state index >= 15 is 0 Å². The number of fused-ring (bicyclic) bond motifs is 1. The third-order valence-corrected chi connectivity index (χ3v) is 10.5. The molecular formula is C33H39N3O5S. The molecule has 4 aliphatic rings. The second-order valence-corrected chi connectivity index (χ2v) is 13.0. The number of hydrogen-bond donors (Lipinski definition) is 2. The molecule has 6 rings (SSSR count). The summed E-state index contributed by atoms with van der Waals surface area (Å²) in [5.41, 5.74) is 0.295. The molecule has 2 saturated heterocycles. The molecule has 1 spiro atoms. The van der Waals surface area contributed by atoms with Crippen LogP contribution in [0.4, 0.5) is 5.69 Å². The molecule has 8 atom stereocenters. The molecule has 3 aliphatic heterocycles. The third-order valence-electron chi connectivity index (χ3n) is 9.78. The lowest BCUT2D eigenvalue weighted by molar-refractivity contribution is -0.142. The number of benzene rings is 2. The molecule has 1 aliphatic carbocycles. The number of ether oxygens (including phenoxy) is 2. The van der Waals surface area contributed by atoms with Crippen molar-refractivity contribution in [1.82, 2.24) is 10.2 Å². The van der Waals surface area contributed by atoms with Crippen molar-refractivity contribution in [3.8, 4) is 5.75 Å². The molecule has 0 radical (unpaired) electrons. The number of hydrogen-bond acceptors (Lipinski definition) is 6. The van der Waals surface area contributed by atoms with Crippen molar-refractivity contribution in [3.63, 3.8) is 0 Å². The molecule has 2 aromatic carbocycles. The second kappa shape index (κ2) is 11.4. The van der Waals surface area contributed by atoms with Crippen molar-refractivity contribution < 1.29 is 23.9 Å². The molecule has 8 nitrogen and oxygen atoms in total. The van der Waals surface area contributed by atoms with Gasteiger partial charge in [0.25, 0.3) is 0 Å². The Morgan fingerprint density at radius 1 is 1.12 bits per heavy atom. The monoisotopic (exact) mass is 589 g/mol. The second-order valence-electron chi connectivity index (χ2n) is 12.1. The summed E-state index contributed by atoms with van der Waals surface area (Å²) < 4.78 is 11.9. The fourth-order valence-corrected chi connectivity index (χ4v) is 7.84. The third kappa shape index (κ3) is 4.90. The maximum absolute atomic E-state index is 14.3. The number of likely N-dealkylation sites (tertiary alicyclic amines) is 1. The van der Waals surface area contributed by atoms with E-state index in [0.29, 0.717) is 23.3 Å². The molecule has 2 bridgehead atoms. The van der Waals surface area contributed by atoms with E-state index in [1.165, 1.54) is 0 Å². The minimum absolute atomic E-state index is 0.0239. The van der Waals surface area contributed by atoms with Crippen molar-refractivity contribution in [1.29, 1.82) is 0 Å². The van der Waals surface area contributed by atoms with Gasteiger partial charge in [-0.25, -0.2) is 0 Å². The lowest BCUT2D eigenvalue weighted by Gasteiger charge is -2.38. The Labute approximate surface area is 251 Å². The Morgan fingerprint density at radius 2 is 1.93 bits per heavy atom. The van der Waals surface area contributed by atoms with Gasteiger partial charge in [-0.1, -0.05) is 57.0 Å². The van der Waals surface area contributed by atoms with E-state index in [-0.39, 0.29) is 30.3 Å². The van der Waals surface area contributed by atoms with E-state index in [0.717, 1.165) is 29.7 Å². The lowest BCUT2D eigenvalue weighted by Crippen LogP contribution is -2.57. The van der Waals surface area contributed by atoms with Crippen molar-refractivity contribution in [3.05, 3.63) is 66.2 Å². The first-order chi connectivity index (χ1) is 20.3. The Morgan fingerprint density at radius 3 is 2.71 bits per heavy atom. The van der Waals surface area contributed by atoms with Gasteiger partial charge in [0.05, 0.1) is 25.0 Å². The highest BCUT2D eigenvalue weighted by Crippen LogP contribution is 2.55. The maximum Gasteiger partial charge on any atom is 0.246 e. The van der Waals surface area contributed by atoms with Gasteiger partial charge in [-0.3, -0.25) is 14.4 Å². The molecule has 222 valence electrons. The summed E-state index contributed by atoms with van der Waals surface area (Å²) in [6, 6.07) is 14.3. The molecule has 1 saturated carbocycles. The van der Waals surface area contributed by atoms with Crippen molar-refractivity contribution in [2.75, 3.05) is 18.7 Å². The average Bonchev–Trinajstić information content (AvgIpc) is 3.63. The van der Waals surface area contributed by atoms with Gasteiger partial charge in [-0.2, -0.15) is 0 Å². The van der Waals surface area contributed by atoms with Crippen LogP contribution in [0.3, 0.4) is 0 Å². The van der Waals surface area contributed by atoms with Crippen LogP contribution in [0.5, 0.6) is 5.75 Å². The smallest absolute Gasteiger partial charge is 0.246 e. The number of nitrogens with zero attached hydrogens (tertiary/aromatic N) is 1. The predicted octanol–water partition coefficient (Wildman–Crippen LogP) is 4.65. The summed E-state index contributed by atoms with van der Waals surface area (Å²) in [5, 5.41) is 6.33. The lowest BCUT2D eigenvalue weighted by atomic mass is 9.73. The van der Waals surface area contributed by atoms with Crippen molar-refractivity contribution >= 4 is 35.2 Å². The first kappa shape index (κ1) is 28.8. The first-order valence-electron chi connectivity index (χ1n) is 14.8. The average molecular weight is 590 g/mol. The summed E-state index contributed by atoms with van der Waals surface area (Å²) in [5.74, 6) is -0.798. The Bertz CT molecular complexity index is 1410. The van der Waals surface area contributed by atoms with Gasteiger partial charge in [0.15, 0.2) is 0 Å². The van der Waals surface area contributed by atoms with E-state index in [2.05, 4.69) is 24.5 Å². The summed E-state index contributed by atoms with van der Waals surface area (Å²) in [6.45, 7) is 4.62. The van der Waals surface area contributed by atoms with Crippen LogP contribution in [-0.4, -0.2) is 59.8 Å². The molecule has 8 unspecified atom stereocenters. The highest BCUT2D eigenvalue weighted by molar-refractivity contribution is 7.98. The van der Waals surface area contributed by atoms with Gasteiger partial charge in [0.1, 0.15) is 17.4 Å². The zero-order chi connectivity index (χ0) is 29.6. The van der Waals surface area contributed by atoms with Crippen LogP contribution in [-0.2, 0) is 25.7 Å². The molecule has 9 heteroatoms. The van der Waals surface area contributed by atoms with Gasteiger partial charge in [-0.05, 0) is 60.4 Å². The van der Waals surface area contributed by atoms with Gasteiger partial charge in [0.2, 0.25) is 17.7 Å². The highest BCUT2D eigenvalue weighted by Gasteiger charge is 2.72. The standard InChI is InChI=1S/C33H39N3O5S/c1-19-8-5-13-25(20(19)2)35-31(38)29-33-15-14-26(41-33)27(30(37)34-22-10-7-12-24(17-22)42-4)28(33)32(39)36(29)18-21-9-6-11-23(16-21)40-3/h6-7,9-12,14-17,19-20,25-29H,5,8,13,18H2,1-4H3,(H,34,37)(H,35,38). The first-order valence-corrected chi connectivity index (χ1v) is 16.0. The summed E-state index contributed by atoms with van der Waals surface area (Å²) in [7, 11) is 1.60. The molecule has 3 heterocycles. The fraction of sp³-hybridized carbons (Fsp3) is 0.485.